The van der Waals surface area contributed by atoms with Crippen molar-refractivity contribution in [3.8, 4) is 0 Å². The highest BCUT2D eigenvalue weighted by molar-refractivity contribution is 5.26. The summed E-state index contributed by atoms with van der Waals surface area (Å²) in [4.78, 5) is 0. The number of aliphatic hydroxyl groups excluding tert-OH is 1. The molecule has 2 N–H and O–H groups in total. The van der Waals surface area contributed by atoms with Crippen LogP contribution < -0.4 is 5.32 Å². The van der Waals surface area contributed by atoms with Crippen molar-refractivity contribution in [3.05, 3.63) is 35.4 Å². The molecule has 2 heteroatoms. The lowest BCUT2D eigenvalue weighted by molar-refractivity contribution is 0.181. The lowest BCUT2D eigenvalue weighted by Gasteiger charge is -2.09. The molecule has 0 aliphatic heterocycles. The molecule has 0 heterocycles. The van der Waals surface area contributed by atoms with Crippen LogP contribution in [-0.2, 0) is 13.0 Å². The van der Waals surface area contributed by atoms with Gasteiger partial charge in [0, 0.05) is 6.54 Å². The largest absolute Gasteiger partial charge is 0.393 e. The van der Waals surface area contributed by atoms with Crippen molar-refractivity contribution in [3.63, 3.8) is 0 Å². The van der Waals surface area contributed by atoms with E-state index >= 15 is 0 Å². The van der Waals surface area contributed by atoms with Crippen molar-refractivity contribution in [2.45, 2.75) is 45.8 Å². The number of hydrogen-bond acceptors (Lipinski definition) is 2. The summed E-state index contributed by atoms with van der Waals surface area (Å²) in [5.41, 5.74) is 2.81. The molecule has 0 saturated heterocycles. The van der Waals surface area contributed by atoms with Gasteiger partial charge >= 0.3 is 0 Å². The van der Waals surface area contributed by atoms with Crippen LogP contribution in [0.2, 0.25) is 0 Å². The van der Waals surface area contributed by atoms with E-state index in [0.717, 1.165) is 32.4 Å². The van der Waals surface area contributed by atoms with Gasteiger partial charge in [-0.1, -0.05) is 31.2 Å². The smallest absolute Gasteiger partial charge is 0.0512 e. The van der Waals surface area contributed by atoms with E-state index < -0.39 is 0 Å². The van der Waals surface area contributed by atoms with Crippen molar-refractivity contribution < 1.29 is 5.11 Å². The highest BCUT2D eigenvalue weighted by Crippen LogP contribution is 2.08. The molecule has 0 amide bonds. The molecular formula is C14H23NO. The van der Waals surface area contributed by atoms with Gasteiger partial charge in [-0.25, -0.2) is 0 Å². The Bertz CT molecular complexity index is 297. The molecule has 0 aromatic heterocycles. The van der Waals surface area contributed by atoms with Gasteiger partial charge in [0.1, 0.15) is 0 Å². The monoisotopic (exact) mass is 221 g/mol. The Balaban J connectivity index is 2.26. The highest BCUT2D eigenvalue weighted by atomic mass is 16.3. The molecule has 90 valence electrons. The molecular weight excluding hydrogens is 198 g/mol. The normalized spacial score (nSPS) is 12.7. The summed E-state index contributed by atoms with van der Waals surface area (Å²) in [5.74, 6) is 0. The number of benzene rings is 1. The van der Waals surface area contributed by atoms with E-state index in [1.54, 1.807) is 0 Å². The van der Waals surface area contributed by atoms with Crippen molar-refractivity contribution in [1.82, 2.24) is 5.32 Å². The number of hydrogen-bond donors (Lipinski definition) is 2. The summed E-state index contributed by atoms with van der Waals surface area (Å²) >= 11 is 0. The molecule has 0 saturated carbocycles. The van der Waals surface area contributed by atoms with Gasteiger partial charge in [0.05, 0.1) is 6.10 Å². The third-order valence-electron chi connectivity index (χ3n) is 2.79. The van der Waals surface area contributed by atoms with Gasteiger partial charge in [0.15, 0.2) is 0 Å². The molecule has 0 bridgehead atoms. The Kier molecular flexibility index (Phi) is 6.12. The summed E-state index contributed by atoms with van der Waals surface area (Å²) in [6.07, 6.45) is 2.82. The Morgan fingerprint density at radius 2 is 1.94 bits per heavy atom. The standard InChI is InChI=1S/C14H23NO/c1-3-13-8-4-5-9-14(13)11-15-10-6-7-12(2)16/h4-5,8-9,12,15-16H,3,6-7,10-11H2,1-2H3. The summed E-state index contributed by atoms with van der Waals surface area (Å²) < 4.78 is 0. The molecule has 1 unspecified atom stereocenters. The zero-order valence-electron chi connectivity index (χ0n) is 10.4. The van der Waals surface area contributed by atoms with Gasteiger partial charge in [-0.3, -0.25) is 0 Å². The molecule has 1 atom stereocenters. The summed E-state index contributed by atoms with van der Waals surface area (Å²) in [5, 5.41) is 12.5. The van der Waals surface area contributed by atoms with Crippen LogP contribution in [0.5, 0.6) is 0 Å². The van der Waals surface area contributed by atoms with Crippen LogP contribution in [-0.4, -0.2) is 17.8 Å². The molecule has 16 heavy (non-hydrogen) atoms. The van der Waals surface area contributed by atoms with E-state index in [0.29, 0.717) is 0 Å². The zero-order valence-corrected chi connectivity index (χ0v) is 10.4. The van der Waals surface area contributed by atoms with E-state index in [2.05, 4.69) is 36.5 Å². The second-order valence-corrected chi connectivity index (χ2v) is 4.29. The maximum Gasteiger partial charge on any atom is 0.0512 e. The first-order valence-electron chi connectivity index (χ1n) is 6.19. The maximum atomic E-state index is 9.12. The fourth-order valence-corrected chi connectivity index (χ4v) is 1.82. The lowest BCUT2D eigenvalue weighted by Crippen LogP contribution is -2.17. The van der Waals surface area contributed by atoms with Gasteiger partial charge in [-0.05, 0) is 43.9 Å². The Morgan fingerprint density at radius 3 is 2.56 bits per heavy atom. The van der Waals surface area contributed by atoms with E-state index in [1.807, 2.05) is 6.92 Å². The zero-order chi connectivity index (χ0) is 11.8. The maximum absolute atomic E-state index is 9.12. The average molecular weight is 221 g/mol. The first-order valence-corrected chi connectivity index (χ1v) is 6.19. The van der Waals surface area contributed by atoms with Crippen molar-refractivity contribution in [1.29, 1.82) is 0 Å². The van der Waals surface area contributed by atoms with Crippen LogP contribution >= 0.6 is 0 Å². The second-order valence-electron chi connectivity index (χ2n) is 4.29. The van der Waals surface area contributed by atoms with Crippen LogP contribution in [0.15, 0.2) is 24.3 Å². The van der Waals surface area contributed by atoms with Crippen molar-refractivity contribution >= 4 is 0 Å². The van der Waals surface area contributed by atoms with Crippen LogP contribution in [0.4, 0.5) is 0 Å². The fourth-order valence-electron chi connectivity index (χ4n) is 1.82. The van der Waals surface area contributed by atoms with Gasteiger partial charge in [0.2, 0.25) is 0 Å². The van der Waals surface area contributed by atoms with Crippen molar-refractivity contribution in [2.24, 2.45) is 0 Å². The molecule has 0 fully saturated rings. The molecule has 2 nitrogen and oxygen atoms in total. The Labute approximate surface area is 98.7 Å². The summed E-state index contributed by atoms with van der Waals surface area (Å²) in [6, 6.07) is 8.55. The molecule has 0 spiro atoms. The average Bonchev–Trinajstić information content (AvgIpc) is 2.29. The van der Waals surface area contributed by atoms with Crippen LogP contribution in [0.25, 0.3) is 0 Å². The van der Waals surface area contributed by atoms with Gasteiger partial charge < -0.3 is 10.4 Å². The van der Waals surface area contributed by atoms with E-state index in [-0.39, 0.29) is 6.10 Å². The van der Waals surface area contributed by atoms with Gasteiger partial charge in [0.25, 0.3) is 0 Å². The minimum atomic E-state index is -0.176. The second kappa shape index (κ2) is 7.42. The third kappa shape index (κ3) is 4.77. The predicted octanol–water partition coefficient (Wildman–Crippen LogP) is 2.50. The lowest BCUT2D eigenvalue weighted by atomic mass is 10.1. The summed E-state index contributed by atoms with van der Waals surface area (Å²) in [7, 11) is 0. The van der Waals surface area contributed by atoms with Gasteiger partial charge in [-0.2, -0.15) is 0 Å². The minimum absolute atomic E-state index is 0.176. The van der Waals surface area contributed by atoms with E-state index in [4.69, 9.17) is 5.11 Å². The molecule has 1 aromatic rings. The van der Waals surface area contributed by atoms with E-state index in [9.17, 15) is 0 Å². The van der Waals surface area contributed by atoms with Crippen LogP contribution in [0, 0.1) is 0 Å². The quantitative estimate of drug-likeness (QED) is 0.693. The summed E-state index contributed by atoms with van der Waals surface area (Å²) in [6.45, 7) is 5.94. The molecule has 1 aromatic carbocycles. The first kappa shape index (κ1) is 13.2. The van der Waals surface area contributed by atoms with Crippen LogP contribution in [0.3, 0.4) is 0 Å². The predicted molar refractivity (Wildman–Crippen MR) is 68.4 cm³/mol. The number of rotatable bonds is 7. The first-order chi connectivity index (χ1) is 7.74. The van der Waals surface area contributed by atoms with E-state index in [1.165, 1.54) is 11.1 Å². The molecule has 1 rings (SSSR count). The molecule has 0 aliphatic carbocycles. The Morgan fingerprint density at radius 1 is 1.25 bits per heavy atom. The Hall–Kier alpha value is -0.860. The SMILES string of the molecule is CCc1ccccc1CNCCCC(C)O. The van der Waals surface area contributed by atoms with Crippen molar-refractivity contribution in [2.75, 3.05) is 6.54 Å². The number of nitrogens with one attached hydrogen (secondary N) is 1. The topological polar surface area (TPSA) is 32.3 Å². The number of aryl methyl sites for hydroxylation is 1. The van der Waals surface area contributed by atoms with Crippen LogP contribution in [0.1, 0.15) is 37.8 Å². The minimum Gasteiger partial charge on any atom is -0.393 e. The third-order valence-corrected chi connectivity index (χ3v) is 2.79. The van der Waals surface area contributed by atoms with Gasteiger partial charge in [-0.15, -0.1) is 0 Å². The highest BCUT2D eigenvalue weighted by Gasteiger charge is 1.99. The molecule has 0 radical (unpaired) electrons. The molecule has 0 aliphatic rings. The fraction of sp³-hybridized carbons (Fsp3) is 0.571. The number of aliphatic hydroxyl groups is 1.